The first kappa shape index (κ1) is 13.5. The van der Waals surface area contributed by atoms with Crippen LogP contribution in [-0.2, 0) is 4.79 Å². The normalized spacial score (nSPS) is 22.4. The van der Waals surface area contributed by atoms with E-state index in [1.807, 2.05) is 0 Å². The molecule has 0 aromatic carbocycles. The van der Waals surface area contributed by atoms with Crippen LogP contribution in [0.25, 0.3) is 0 Å². The van der Waals surface area contributed by atoms with Crippen molar-refractivity contribution >= 4 is 14.0 Å². The number of likely N-dealkylation sites (tertiary alicyclic amines) is 1. The number of rotatable bonds is 5. The summed E-state index contributed by atoms with van der Waals surface area (Å²) in [5, 5.41) is 9.53. The van der Waals surface area contributed by atoms with Gasteiger partial charge in [-0.05, 0) is 12.5 Å². The lowest BCUT2D eigenvalue weighted by Crippen LogP contribution is -2.33. The van der Waals surface area contributed by atoms with E-state index in [9.17, 15) is 9.90 Å². The second-order valence-electron chi connectivity index (χ2n) is 5.63. The van der Waals surface area contributed by atoms with Crippen molar-refractivity contribution in [2.24, 2.45) is 0 Å². The van der Waals surface area contributed by atoms with Gasteiger partial charge in [0.15, 0.2) is 0 Å². The van der Waals surface area contributed by atoms with Gasteiger partial charge in [0, 0.05) is 27.5 Å². The van der Waals surface area contributed by atoms with E-state index < -0.39 is 14.3 Å². The predicted octanol–water partition coefficient (Wildman–Crippen LogP) is 2.21. The van der Waals surface area contributed by atoms with Crippen LogP contribution in [0, 0.1) is 0 Å². The molecule has 0 aromatic rings. The molecule has 1 unspecified atom stereocenters. The molecule has 1 saturated heterocycles. The summed E-state index contributed by atoms with van der Waals surface area (Å²) in [6.45, 7) is 7.67. The topological polar surface area (TPSA) is 40.5 Å². The van der Waals surface area contributed by atoms with Gasteiger partial charge in [-0.3, -0.25) is 4.79 Å². The lowest BCUT2D eigenvalue weighted by molar-refractivity contribution is -0.133. The van der Waals surface area contributed by atoms with E-state index in [1.54, 1.807) is 4.90 Å². The minimum absolute atomic E-state index is 0.0890. The summed E-state index contributed by atoms with van der Waals surface area (Å²) in [5.41, 5.74) is 0. The lowest BCUT2D eigenvalue weighted by Gasteiger charge is -2.19. The molecule has 1 atom stereocenters. The molecule has 0 aromatic heterocycles. The van der Waals surface area contributed by atoms with Crippen LogP contribution in [0.3, 0.4) is 0 Å². The van der Waals surface area contributed by atoms with Gasteiger partial charge in [-0.2, -0.15) is 0 Å². The molecular weight excluding hydrogens is 218 g/mol. The molecule has 92 valence electrons. The molecule has 4 heteroatoms. The van der Waals surface area contributed by atoms with Crippen molar-refractivity contribution in [1.82, 2.24) is 4.90 Å². The van der Waals surface area contributed by atoms with Crippen molar-refractivity contribution in [3.8, 4) is 0 Å². The Bertz CT molecular complexity index is 271. The molecule has 1 rings (SSSR count). The SMILES string of the molecule is C[Si](C)(C)C/C=C\CCN1C(=O)CCC1O. The van der Waals surface area contributed by atoms with Crippen LogP contribution in [0.15, 0.2) is 12.2 Å². The average molecular weight is 241 g/mol. The Morgan fingerprint density at radius 1 is 1.44 bits per heavy atom. The maximum Gasteiger partial charge on any atom is 0.224 e. The Morgan fingerprint density at radius 3 is 2.62 bits per heavy atom. The zero-order valence-corrected chi connectivity index (χ0v) is 11.6. The van der Waals surface area contributed by atoms with E-state index in [0.717, 1.165) is 6.42 Å². The van der Waals surface area contributed by atoms with Crippen molar-refractivity contribution in [2.45, 2.75) is 51.2 Å². The highest BCUT2D eigenvalue weighted by Crippen LogP contribution is 2.16. The molecule has 3 nitrogen and oxygen atoms in total. The zero-order chi connectivity index (χ0) is 12.2. The number of carbonyl (C=O) groups is 1. The number of allylic oxidation sites excluding steroid dienone is 1. The third-order valence-corrected chi connectivity index (χ3v) is 4.19. The maximum absolute atomic E-state index is 11.4. The Kier molecular flexibility index (Phi) is 4.74. The summed E-state index contributed by atoms with van der Waals surface area (Å²) >= 11 is 0. The van der Waals surface area contributed by atoms with Crippen LogP contribution in [0.2, 0.25) is 25.7 Å². The van der Waals surface area contributed by atoms with Crippen LogP contribution < -0.4 is 0 Å². The summed E-state index contributed by atoms with van der Waals surface area (Å²) in [6, 6.07) is 1.18. The second kappa shape index (κ2) is 5.64. The number of aliphatic hydroxyl groups is 1. The highest BCUT2D eigenvalue weighted by molar-refractivity contribution is 6.76. The molecule has 0 bridgehead atoms. The van der Waals surface area contributed by atoms with E-state index in [2.05, 4.69) is 31.8 Å². The monoisotopic (exact) mass is 241 g/mol. The van der Waals surface area contributed by atoms with Gasteiger partial charge in [0.2, 0.25) is 5.91 Å². The Labute approximate surface area is 99.2 Å². The van der Waals surface area contributed by atoms with E-state index in [4.69, 9.17) is 0 Å². The number of carbonyl (C=O) groups excluding carboxylic acids is 1. The highest BCUT2D eigenvalue weighted by atomic mass is 28.3. The molecule has 1 aliphatic heterocycles. The molecule has 0 spiro atoms. The molecule has 16 heavy (non-hydrogen) atoms. The van der Waals surface area contributed by atoms with Gasteiger partial charge in [0.1, 0.15) is 6.23 Å². The Hall–Kier alpha value is -0.613. The van der Waals surface area contributed by atoms with E-state index in [0.29, 0.717) is 19.4 Å². The van der Waals surface area contributed by atoms with Crippen molar-refractivity contribution in [3.05, 3.63) is 12.2 Å². The molecule has 0 aliphatic carbocycles. The predicted molar refractivity (Wildman–Crippen MR) is 68.9 cm³/mol. The van der Waals surface area contributed by atoms with Gasteiger partial charge < -0.3 is 10.0 Å². The second-order valence-corrected chi connectivity index (χ2v) is 11.2. The summed E-state index contributed by atoms with van der Waals surface area (Å²) < 4.78 is 0. The first-order chi connectivity index (χ1) is 7.40. The van der Waals surface area contributed by atoms with Crippen LogP contribution in [0.5, 0.6) is 0 Å². The van der Waals surface area contributed by atoms with Crippen LogP contribution in [0.4, 0.5) is 0 Å². The Balaban J connectivity index is 2.22. The minimum atomic E-state index is -0.982. The number of hydrogen-bond acceptors (Lipinski definition) is 2. The average Bonchev–Trinajstić information content (AvgIpc) is 2.46. The van der Waals surface area contributed by atoms with Crippen molar-refractivity contribution < 1.29 is 9.90 Å². The smallest absolute Gasteiger partial charge is 0.224 e. The van der Waals surface area contributed by atoms with E-state index in [1.165, 1.54) is 6.04 Å². The third kappa shape index (κ3) is 4.49. The number of amides is 1. The maximum atomic E-state index is 11.4. The zero-order valence-electron chi connectivity index (χ0n) is 10.6. The number of aliphatic hydroxyl groups excluding tert-OH is 1. The van der Waals surface area contributed by atoms with Crippen molar-refractivity contribution in [1.29, 1.82) is 0 Å². The molecule has 0 saturated carbocycles. The standard InChI is InChI=1S/C12H23NO2Si/c1-16(2,3)10-6-4-5-9-13-11(14)7-8-12(13)15/h4,6,11,14H,5,7-10H2,1-3H3/b6-4-. The molecule has 0 radical (unpaired) electrons. The van der Waals surface area contributed by atoms with Gasteiger partial charge in [-0.25, -0.2) is 0 Å². The largest absolute Gasteiger partial charge is 0.374 e. The van der Waals surface area contributed by atoms with Crippen LogP contribution in [0.1, 0.15) is 19.3 Å². The minimum Gasteiger partial charge on any atom is -0.374 e. The summed E-state index contributed by atoms with van der Waals surface area (Å²) in [4.78, 5) is 12.9. The first-order valence-electron chi connectivity index (χ1n) is 6.03. The van der Waals surface area contributed by atoms with Gasteiger partial charge in [-0.15, -0.1) is 0 Å². The fourth-order valence-electron chi connectivity index (χ4n) is 1.76. The van der Waals surface area contributed by atoms with E-state index in [-0.39, 0.29) is 5.91 Å². The fourth-order valence-corrected chi connectivity index (χ4v) is 2.63. The molecule has 1 fully saturated rings. The quantitative estimate of drug-likeness (QED) is 0.592. The van der Waals surface area contributed by atoms with E-state index >= 15 is 0 Å². The summed E-state index contributed by atoms with van der Waals surface area (Å²) in [6.07, 6.45) is 5.76. The van der Waals surface area contributed by atoms with Crippen molar-refractivity contribution in [3.63, 3.8) is 0 Å². The number of hydrogen-bond donors (Lipinski definition) is 1. The van der Waals surface area contributed by atoms with Crippen LogP contribution >= 0.6 is 0 Å². The molecule has 1 aliphatic rings. The van der Waals surface area contributed by atoms with Gasteiger partial charge >= 0.3 is 0 Å². The molecule has 1 N–H and O–H groups in total. The summed E-state index contributed by atoms with van der Waals surface area (Å²) in [7, 11) is -0.982. The van der Waals surface area contributed by atoms with Gasteiger partial charge in [-0.1, -0.05) is 31.8 Å². The van der Waals surface area contributed by atoms with Gasteiger partial charge in [0.25, 0.3) is 0 Å². The summed E-state index contributed by atoms with van der Waals surface area (Å²) in [5.74, 6) is 0.0890. The van der Waals surface area contributed by atoms with Crippen LogP contribution in [-0.4, -0.2) is 36.8 Å². The fraction of sp³-hybridized carbons (Fsp3) is 0.750. The van der Waals surface area contributed by atoms with Gasteiger partial charge in [0.05, 0.1) is 0 Å². The third-order valence-electron chi connectivity index (χ3n) is 2.73. The first-order valence-corrected chi connectivity index (χ1v) is 9.73. The number of nitrogens with zero attached hydrogens (tertiary/aromatic N) is 1. The molecule has 1 heterocycles. The Morgan fingerprint density at radius 2 is 2.12 bits per heavy atom. The highest BCUT2D eigenvalue weighted by Gasteiger charge is 2.27. The molecule has 1 amide bonds. The molecular formula is C12H23NO2Si. The van der Waals surface area contributed by atoms with Crippen molar-refractivity contribution in [2.75, 3.05) is 6.54 Å². The lowest BCUT2D eigenvalue weighted by atomic mass is 10.3.